The molecule has 0 radical (unpaired) electrons. The maximum atomic E-state index is 5.22. The predicted molar refractivity (Wildman–Crippen MR) is 57.9 cm³/mol. The molecule has 1 heterocycles. The van der Waals surface area contributed by atoms with Crippen LogP contribution >= 0.6 is 24.4 Å². The van der Waals surface area contributed by atoms with Gasteiger partial charge in [0.2, 0.25) is 0 Å². The Morgan fingerprint density at radius 2 is 2.50 bits per heavy atom. The molecule has 1 aliphatic rings. The van der Waals surface area contributed by atoms with E-state index in [1.54, 1.807) is 0 Å². The quantitative estimate of drug-likeness (QED) is 0.500. The lowest BCUT2D eigenvalue weighted by Crippen LogP contribution is -2.38. The summed E-state index contributed by atoms with van der Waals surface area (Å²) in [6.45, 7) is 4.14. The van der Waals surface area contributed by atoms with Crippen LogP contribution in [-0.4, -0.2) is 34.2 Å². The van der Waals surface area contributed by atoms with E-state index < -0.39 is 0 Å². The van der Waals surface area contributed by atoms with Gasteiger partial charge < -0.3 is 4.90 Å². The average molecular weight is 200 g/mol. The van der Waals surface area contributed by atoms with E-state index in [9.17, 15) is 0 Å². The van der Waals surface area contributed by atoms with E-state index >= 15 is 0 Å². The largest absolute Gasteiger partial charge is 0.366 e. The molecule has 4 heteroatoms. The normalized spacial score (nSPS) is 23.6. The van der Waals surface area contributed by atoms with Crippen LogP contribution in [0.25, 0.3) is 0 Å². The molecule has 1 fully saturated rings. The van der Waals surface area contributed by atoms with Crippen LogP contribution in [0.15, 0.2) is 4.99 Å². The number of nitrogens with zero attached hydrogens (tertiary/aromatic N) is 2. The van der Waals surface area contributed by atoms with Crippen LogP contribution in [0.5, 0.6) is 0 Å². The molecule has 0 unspecified atom stereocenters. The summed E-state index contributed by atoms with van der Waals surface area (Å²) in [6, 6.07) is 0.290. The van der Waals surface area contributed by atoms with Crippen LogP contribution in [0.3, 0.4) is 0 Å². The molecule has 1 atom stereocenters. The van der Waals surface area contributed by atoms with Gasteiger partial charge in [0.15, 0.2) is 0 Å². The van der Waals surface area contributed by atoms with Crippen molar-refractivity contribution in [1.29, 1.82) is 0 Å². The van der Waals surface area contributed by atoms with Crippen LogP contribution in [0.4, 0.5) is 0 Å². The Morgan fingerprint density at radius 1 is 1.75 bits per heavy atom. The molecule has 0 aromatic heterocycles. The number of thiocarbonyl (C=S) groups is 2. The summed E-state index contributed by atoms with van der Waals surface area (Å²) >= 11 is 9.78. The molecule has 1 aliphatic heterocycles. The van der Waals surface area contributed by atoms with Gasteiger partial charge >= 0.3 is 0 Å². The number of aliphatic imine (C=N–C) groups is 1. The van der Waals surface area contributed by atoms with Crippen LogP contribution in [0.2, 0.25) is 0 Å². The smallest absolute Gasteiger partial charge is 0.0800 e. The fourth-order valence-electron chi connectivity index (χ4n) is 1.38. The molecule has 1 saturated heterocycles. The zero-order chi connectivity index (χ0) is 8.97. The summed E-state index contributed by atoms with van der Waals surface area (Å²) in [7, 11) is 0. The van der Waals surface area contributed by atoms with Crippen LogP contribution < -0.4 is 0 Å². The Labute approximate surface area is 83.7 Å². The van der Waals surface area contributed by atoms with E-state index in [4.69, 9.17) is 12.2 Å². The van der Waals surface area contributed by atoms with Gasteiger partial charge in [0, 0.05) is 19.5 Å². The second-order valence-corrected chi connectivity index (χ2v) is 3.49. The van der Waals surface area contributed by atoms with Crippen LogP contribution in [0.1, 0.15) is 19.8 Å². The molecule has 0 bridgehead atoms. The highest BCUT2D eigenvalue weighted by molar-refractivity contribution is 7.80. The Hall–Kier alpha value is -0.310. The van der Waals surface area contributed by atoms with Crippen LogP contribution in [-0.2, 0) is 0 Å². The van der Waals surface area contributed by atoms with Gasteiger partial charge in [0.05, 0.1) is 16.2 Å². The van der Waals surface area contributed by atoms with E-state index in [2.05, 4.69) is 34.2 Å². The van der Waals surface area contributed by atoms with Crippen molar-refractivity contribution >= 4 is 34.6 Å². The van der Waals surface area contributed by atoms with E-state index in [0.717, 1.165) is 30.9 Å². The van der Waals surface area contributed by atoms with Crippen molar-refractivity contribution in [3.05, 3.63) is 0 Å². The summed E-state index contributed by atoms with van der Waals surface area (Å²) in [5, 5.41) is 2.42. The standard InChI is InChI=1S/C8H12N2S2/c1-2-10-4-3-7(9-6-11)5-8(10)12/h7H,2-5H2,1H3/t7-/m0/s1. The molecular weight excluding hydrogens is 188 g/mol. The number of likely N-dealkylation sites (tertiary alicyclic amines) is 1. The van der Waals surface area contributed by atoms with E-state index in [1.165, 1.54) is 0 Å². The van der Waals surface area contributed by atoms with Gasteiger partial charge in [-0.15, -0.1) is 0 Å². The first-order valence-electron chi connectivity index (χ1n) is 4.12. The fraction of sp³-hybridized carbons (Fsp3) is 0.750. The number of isothiocyanates is 1. The minimum atomic E-state index is 0.290. The molecule has 2 nitrogen and oxygen atoms in total. The van der Waals surface area contributed by atoms with Gasteiger partial charge in [-0.25, -0.2) is 4.99 Å². The summed E-state index contributed by atoms with van der Waals surface area (Å²) in [4.78, 5) is 7.28. The van der Waals surface area contributed by atoms with Gasteiger partial charge in [0.1, 0.15) is 0 Å². The maximum absolute atomic E-state index is 5.22. The van der Waals surface area contributed by atoms with Gasteiger partial charge in [-0.05, 0) is 25.6 Å². The number of rotatable bonds is 2. The zero-order valence-electron chi connectivity index (χ0n) is 7.12. The average Bonchev–Trinajstić information content (AvgIpc) is 2.05. The molecule has 12 heavy (non-hydrogen) atoms. The predicted octanol–water partition coefficient (Wildman–Crippen LogP) is 1.90. The first kappa shape index (κ1) is 9.78. The van der Waals surface area contributed by atoms with Crippen LogP contribution in [0, 0.1) is 0 Å². The second kappa shape index (κ2) is 4.65. The number of piperidine rings is 1. The third-order valence-electron chi connectivity index (χ3n) is 2.11. The highest BCUT2D eigenvalue weighted by Crippen LogP contribution is 2.15. The molecule has 0 amide bonds. The molecule has 0 aromatic carbocycles. The molecule has 0 saturated carbocycles. The molecule has 0 aromatic rings. The topological polar surface area (TPSA) is 15.6 Å². The summed E-state index contributed by atoms with van der Waals surface area (Å²) < 4.78 is 0. The van der Waals surface area contributed by atoms with Crippen molar-refractivity contribution in [2.75, 3.05) is 13.1 Å². The van der Waals surface area contributed by atoms with Crippen molar-refractivity contribution in [2.45, 2.75) is 25.8 Å². The Kier molecular flexibility index (Phi) is 3.79. The van der Waals surface area contributed by atoms with Crippen molar-refractivity contribution in [3.8, 4) is 0 Å². The van der Waals surface area contributed by atoms with Crippen molar-refractivity contribution in [2.24, 2.45) is 4.99 Å². The maximum Gasteiger partial charge on any atom is 0.0800 e. The summed E-state index contributed by atoms with van der Waals surface area (Å²) in [6.07, 6.45) is 1.92. The lowest BCUT2D eigenvalue weighted by atomic mass is 10.1. The number of hydrogen-bond acceptors (Lipinski definition) is 3. The molecule has 1 rings (SSSR count). The lowest BCUT2D eigenvalue weighted by Gasteiger charge is -2.30. The number of hydrogen-bond donors (Lipinski definition) is 0. The third kappa shape index (κ3) is 2.34. The molecular formula is C8H12N2S2. The summed E-state index contributed by atoms with van der Waals surface area (Å²) in [5.74, 6) is 0. The second-order valence-electron chi connectivity index (χ2n) is 2.84. The third-order valence-corrected chi connectivity index (χ3v) is 2.64. The Balaban J connectivity index is 2.51. The van der Waals surface area contributed by atoms with Crippen molar-refractivity contribution < 1.29 is 0 Å². The van der Waals surface area contributed by atoms with Crippen molar-refractivity contribution in [1.82, 2.24) is 4.90 Å². The van der Waals surface area contributed by atoms with Gasteiger partial charge in [0.25, 0.3) is 0 Å². The monoisotopic (exact) mass is 200 g/mol. The van der Waals surface area contributed by atoms with Crippen molar-refractivity contribution in [3.63, 3.8) is 0 Å². The summed E-state index contributed by atoms with van der Waals surface area (Å²) in [5.41, 5.74) is 0. The minimum Gasteiger partial charge on any atom is -0.366 e. The van der Waals surface area contributed by atoms with E-state index in [0.29, 0.717) is 0 Å². The molecule has 66 valence electrons. The highest BCUT2D eigenvalue weighted by Gasteiger charge is 2.20. The first-order valence-corrected chi connectivity index (χ1v) is 4.94. The molecule has 0 aliphatic carbocycles. The minimum absolute atomic E-state index is 0.290. The molecule has 0 spiro atoms. The highest BCUT2D eigenvalue weighted by atomic mass is 32.1. The molecule has 0 N–H and O–H groups in total. The SMILES string of the molecule is CCN1CC[C@H](N=C=S)CC1=S. The zero-order valence-corrected chi connectivity index (χ0v) is 8.75. The Bertz CT molecular complexity index is 221. The van der Waals surface area contributed by atoms with E-state index in [-0.39, 0.29) is 6.04 Å². The van der Waals surface area contributed by atoms with Gasteiger partial charge in [-0.3, -0.25) is 0 Å². The van der Waals surface area contributed by atoms with Gasteiger partial charge in [-0.1, -0.05) is 12.2 Å². The fourth-order valence-corrected chi connectivity index (χ4v) is 1.94. The Morgan fingerprint density at radius 3 is 3.00 bits per heavy atom. The first-order chi connectivity index (χ1) is 5.77. The van der Waals surface area contributed by atoms with E-state index in [1.807, 2.05) is 0 Å². The lowest BCUT2D eigenvalue weighted by molar-refractivity contribution is 0.374. The van der Waals surface area contributed by atoms with Gasteiger partial charge in [-0.2, -0.15) is 0 Å².